The monoisotopic (exact) mass is 246 g/mol. The first-order valence-electron chi connectivity index (χ1n) is 6.53. The fourth-order valence-corrected chi connectivity index (χ4v) is 3.50. The Bertz CT molecular complexity index is 487. The van der Waals surface area contributed by atoms with E-state index in [-0.39, 0.29) is 5.56 Å². The van der Waals surface area contributed by atoms with Gasteiger partial charge in [-0.05, 0) is 43.2 Å². The molecule has 4 N–H and O–H groups in total. The summed E-state index contributed by atoms with van der Waals surface area (Å²) in [6.07, 6.45) is 5.16. The first-order valence-corrected chi connectivity index (χ1v) is 6.53. The molecule has 2 fully saturated rings. The Balaban J connectivity index is 1.81. The summed E-state index contributed by atoms with van der Waals surface area (Å²) in [5.74, 6) is 0.628. The number of nitrogens with two attached hydrogens (primary N) is 1. The van der Waals surface area contributed by atoms with E-state index in [1.54, 1.807) is 12.1 Å². The summed E-state index contributed by atoms with van der Waals surface area (Å²) in [6.45, 7) is 0. The van der Waals surface area contributed by atoms with Crippen LogP contribution in [0.5, 0.6) is 0 Å². The van der Waals surface area contributed by atoms with E-state index >= 15 is 0 Å². The van der Waals surface area contributed by atoms with Crippen molar-refractivity contribution in [2.75, 3.05) is 11.1 Å². The third-order valence-electron chi connectivity index (χ3n) is 4.42. The molecule has 0 amide bonds. The molecule has 2 saturated carbocycles. The highest BCUT2D eigenvalue weighted by molar-refractivity contribution is 5.97. The van der Waals surface area contributed by atoms with E-state index in [0.717, 1.165) is 17.5 Å². The summed E-state index contributed by atoms with van der Waals surface area (Å²) in [4.78, 5) is 11.0. The van der Waals surface area contributed by atoms with Gasteiger partial charge in [-0.3, -0.25) is 0 Å². The predicted octanol–water partition coefficient (Wildman–Crippen LogP) is 2.57. The van der Waals surface area contributed by atoms with Crippen LogP contribution in [0, 0.1) is 11.8 Å². The fourth-order valence-electron chi connectivity index (χ4n) is 3.50. The van der Waals surface area contributed by atoms with Crippen LogP contribution in [0.4, 0.5) is 11.4 Å². The largest absolute Gasteiger partial charge is 0.478 e. The topological polar surface area (TPSA) is 75.3 Å². The number of benzene rings is 1. The number of carboxylic acids is 1. The summed E-state index contributed by atoms with van der Waals surface area (Å²) >= 11 is 0. The van der Waals surface area contributed by atoms with Crippen LogP contribution in [0.25, 0.3) is 0 Å². The number of fused-ring (bicyclic) bond motifs is 2. The van der Waals surface area contributed by atoms with Crippen LogP contribution in [-0.2, 0) is 0 Å². The fraction of sp³-hybridized carbons (Fsp3) is 0.500. The number of rotatable bonds is 3. The molecule has 0 saturated heterocycles. The lowest BCUT2D eigenvalue weighted by molar-refractivity contribution is 0.0698. The number of aromatic carboxylic acids is 1. The molecular weight excluding hydrogens is 228 g/mol. The maximum Gasteiger partial charge on any atom is 0.337 e. The standard InChI is InChI=1S/C14H18N2O2/c15-13-10(14(17)18)2-1-3-11(13)16-12-7-8-4-5-9(12)6-8/h1-3,8-9,12,16H,4-7,15H2,(H,17,18). The third-order valence-corrected chi connectivity index (χ3v) is 4.42. The zero-order valence-electron chi connectivity index (χ0n) is 10.2. The average Bonchev–Trinajstić information content (AvgIpc) is 2.93. The molecule has 1 aromatic carbocycles. The van der Waals surface area contributed by atoms with Crippen molar-refractivity contribution in [3.05, 3.63) is 23.8 Å². The van der Waals surface area contributed by atoms with Crippen molar-refractivity contribution in [3.8, 4) is 0 Å². The molecule has 2 bridgehead atoms. The van der Waals surface area contributed by atoms with Crippen LogP contribution in [0.2, 0.25) is 0 Å². The van der Waals surface area contributed by atoms with E-state index in [1.165, 1.54) is 25.7 Å². The van der Waals surface area contributed by atoms with Gasteiger partial charge < -0.3 is 16.2 Å². The second-order valence-corrected chi connectivity index (χ2v) is 5.50. The van der Waals surface area contributed by atoms with Crippen LogP contribution >= 0.6 is 0 Å². The number of carbonyl (C=O) groups is 1. The zero-order valence-corrected chi connectivity index (χ0v) is 10.2. The molecule has 3 rings (SSSR count). The van der Waals surface area contributed by atoms with Gasteiger partial charge in [0.25, 0.3) is 0 Å². The van der Waals surface area contributed by atoms with Crippen molar-refractivity contribution in [3.63, 3.8) is 0 Å². The van der Waals surface area contributed by atoms with Crippen molar-refractivity contribution >= 4 is 17.3 Å². The summed E-state index contributed by atoms with van der Waals surface area (Å²) in [5.41, 5.74) is 7.23. The first kappa shape index (κ1) is 11.4. The van der Waals surface area contributed by atoms with Gasteiger partial charge >= 0.3 is 5.97 Å². The van der Waals surface area contributed by atoms with Crippen LogP contribution in [-0.4, -0.2) is 17.1 Å². The van der Waals surface area contributed by atoms with Gasteiger partial charge in [0.05, 0.1) is 16.9 Å². The van der Waals surface area contributed by atoms with E-state index in [9.17, 15) is 4.79 Å². The molecule has 2 aliphatic carbocycles. The van der Waals surface area contributed by atoms with Gasteiger partial charge in [-0.1, -0.05) is 12.5 Å². The Kier molecular flexibility index (Phi) is 2.65. The zero-order chi connectivity index (χ0) is 12.7. The second kappa shape index (κ2) is 4.19. The maximum absolute atomic E-state index is 11.0. The van der Waals surface area contributed by atoms with Crippen molar-refractivity contribution < 1.29 is 9.90 Å². The molecule has 3 unspecified atom stereocenters. The smallest absolute Gasteiger partial charge is 0.337 e. The molecular formula is C14H18N2O2. The first-order chi connectivity index (χ1) is 8.65. The van der Waals surface area contributed by atoms with Gasteiger partial charge in [-0.2, -0.15) is 0 Å². The molecule has 0 spiro atoms. The minimum absolute atomic E-state index is 0.183. The van der Waals surface area contributed by atoms with Gasteiger partial charge in [-0.25, -0.2) is 4.79 Å². The summed E-state index contributed by atoms with van der Waals surface area (Å²) in [6, 6.07) is 5.63. The molecule has 18 heavy (non-hydrogen) atoms. The Morgan fingerprint density at radius 3 is 2.78 bits per heavy atom. The average molecular weight is 246 g/mol. The van der Waals surface area contributed by atoms with Crippen molar-refractivity contribution in [2.24, 2.45) is 11.8 Å². The summed E-state index contributed by atoms with van der Waals surface area (Å²) in [7, 11) is 0. The minimum atomic E-state index is -0.968. The third kappa shape index (κ3) is 1.82. The maximum atomic E-state index is 11.0. The highest BCUT2D eigenvalue weighted by atomic mass is 16.4. The van der Waals surface area contributed by atoms with Gasteiger partial charge in [0.2, 0.25) is 0 Å². The second-order valence-electron chi connectivity index (χ2n) is 5.50. The normalized spacial score (nSPS) is 29.4. The molecule has 1 aromatic rings. The summed E-state index contributed by atoms with van der Waals surface area (Å²) < 4.78 is 0. The van der Waals surface area contributed by atoms with Crippen molar-refractivity contribution in [1.29, 1.82) is 0 Å². The molecule has 4 heteroatoms. The molecule has 0 heterocycles. The van der Waals surface area contributed by atoms with Crippen molar-refractivity contribution in [1.82, 2.24) is 0 Å². The van der Waals surface area contributed by atoms with Gasteiger partial charge in [-0.15, -0.1) is 0 Å². The molecule has 0 aliphatic heterocycles. The molecule has 0 aromatic heterocycles. The Morgan fingerprint density at radius 2 is 2.17 bits per heavy atom. The SMILES string of the molecule is Nc1c(NC2CC3CCC2C3)cccc1C(=O)O. The van der Waals surface area contributed by atoms with E-state index in [4.69, 9.17) is 10.8 Å². The highest BCUT2D eigenvalue weighted by Gasteiger charge is 2.39. The Hall–Kier alpha value is -1.71. The van der Waals surface area contributed by atoms with Crippen LogP contribution in [0.1, 0.15) is 36.0 Å². The summed E-state index contributed by atoms with van der Waals surface area (Å²) in [5, 5.41) is 12.5. The van der Waals surface area contributed by atoms with Gasteiger partial charge in [0.1, 0.15) is 0 Å². The molecule has 3 atom stereocenters. The number of hydrogen-bond acceptors (Lipinski definition) is 3. The molecule has 2 aliphatic rings. The van der Waals surface area contributed by atoms with Crippen molar-refractivity contribution in [2.45, 2.75) is 31.7 Å². The number of carboxylic acid groups (broad SMARTS) is 1. The Morgan fingerprint density at radius 1 is 1.33 bits per heavy atom. The lowest BCUT2D eigenvalue weighted by Gasteiger charge is -2.25. The number of anilines is 2. The van der Waals surface area contributed by atoms with Crippen LogP contribution in [0.3, 0.4) is 0 Å². The number of nitrogens with one attached hydrogen (secondary N) is 1. The van der Waals surface area contributed by atoms with E-state index in [1.807, 2.05) is 6.07 Å². The quantitative estimate of drug-likeness (QED) is 0.716. The lowest BCUT2D eigenvalue weighted by Crippen LogP contribution is -2.26. The number of para-hydroxylation sites is 1. The van der Waals surface area contributed by atoms with Crippen LogP contribution in [0.15, 0.2) is 18.2 Å². The predicted molar refractivity (Wildman–Crippen MR) is 70.7 cm³/mol. The molecule has 0 radical (unpaired) electrons. The highest BCUT2D eigenvalue weighted by Crippen LogP contribution is 2.46. The lowest BCUT2D eigenvalue weighted by atomic mass is 9.95. The molecule has 4 nitrogen and oxygen atoms in total. The minimum Gasteiger partial charge on any atom is -0.478 e. The number of hydrogen-bond donors (Lipinski definition) is 3. The van der Waals surface area contributed by atoms with E-state index in [2.05, 4.69) is 5.32 Å². The van der Waals surface area contributed by atoms with Gasteiger partial charge in [0.15, 0.2) is 0 Å². The van der Waals surface area contributed by atoms with E-state index in [0.29, 0.717) is 11.7 Å². The van der Waals surface area contributed by atoms with E-state index < -0.39 is 5.97 Å². The number of nitrogen functional groups attached to an aromatic ring is 1. The Labute approximate surface area is 106 Å². The van der Waals surface area contributed by atoms with Crippen LogP contribution < -0.4 is 11.1 Å². The van der Waals surface area contributed by atoms with Gasteiger partial charge in [0, 0.05) is 6.04 Å². The molecule has 96 valence electrons.